The van der Waals surface area contributed by atoms with Crippen LogP contribution in [-0.2, 0) is 21.4 Å². The van der Waals surface area contributed by atoms with Gasteiger partial charge in [-0.3, -0.25) is 14.2 Å². The van der Waals surface area contributed by atoms with Gasteiger partial charge in [-0.1, -0.05) is 12.1 Å². The molecule has 0 fully saturated rings. The summed E-state index contributed by atoms with van der Waals surface area (Å²) in [5, 5.41) is 7.40. The third kappa shape index (κ3) is 3.50. The number of allylic oxidation sites excluding steroid dienone is 1. The third-order valence-corrected chi connectivity index (χ3v) is 5.09. The van der Waals surface area contributed by atoms with Crippen LogP contribution < -0.4 is 10.0 Å². The first-order valence-electron chi connectivity index (χ1n) is 8.26. The molecule has 2 N–H and O–H groups in total. The number of fused-ring (bicyclic) bond motifs is 1. The summed E-state index contributed by atoms with van der Waals surface area (Å²) in [5.41, 5.74) is 4.91. The molecule has 3 rings (SSSR count). The number of hydrogen-bond donors (Lipinski definition) is 2. The Hall–Kier alpha value is -2.61. The molecule has 0 spiro atoms. The molecule has 7 nitrogen and oxygen atoms in total. The van der Waals surface area contributed by atoms with Gasteiger partial charge in [-0.2, -0.15) is 5.10 Å². The van der Waals surface area contributed by atoms with Crippen molar-refractivity contribution in [2.24, 2.45) is 0 Å². The van der Waals surface area contributed by atoms with Gasteiger partial charge in [0.2, 0.25) is 15.9 Å². The zero-order valence-electron chi connectivity index (χ0n) is 15.0. The molecule has 2 heterocycles. The molecule has 1 unspecified atom stereocenters. The van der Waals surface area contributed by atoms with Gasteiger partial charge in [0.1, 0.15) is 0 Å². The highest BCUT2D eigenvalue weighted by molar-refractivity contribution is 7.92. The molecule has 1 aliphatic rings. The minimum atomic E-state index is -3.38. The van der Waals surface area contributed by atoms with E-state index in [1.54, 1.807) is 18.2 Å². The second kappa shape index (κ2) is 6.60. The smallest absolute Gasteiger partial charge is 0.229 e. The molecule has 26 heavy (non-hydrogen) atoms. The van der Waals surface area contributed by atoms with Gasteiger partial charge in [0, 0.05) is 29.3 Å². The average Bonchev–Trinajstić information content (AvgIpc) is 2.79. The zero-order valence-corrected chi connectivity index (χ0v) is 15.9. The SMILES string of the molecule is C=CCn1nc(C)c(C2CC(=O)Nc3cc(NS(C)(=O)=O)ccc32)c1C. The second-order valence-corrected chi connectivity index (χ2v) is 8.28. The predicted octanol–water partition coefficient (Wildman–Crippen LogP) is 2.53. The molecular formula is C18H22N4O3S. The van der Waals surface area contributed by atoms with Gasteiger partial charge < -0.3 is 5.32 Å². The van der Waals surface area contributed by atoms with Crippen LogP contribution in [0.3, 0.4) is 0 Å². The number of nitrogens with zero attached hydrogens (tertiary/aromatic N) is 2. The van der Waals surface area contributed by atoms with Crippen LogP contribution in [0.25, 0.3) is 0 Å². The van der Waals surface area contributed by atoms with E-state index in [2.05, 4.69) is 21.7 Å². The van der Waals surface area contributed by atoms with Crippen LogP contribution in [0.4, 0.5) is 11.4 Å². The Morgan fingerprint density at radius 1 is 1.42 bits per heavy atom. The van der Waals surface area contributed by atoms with E-state index >= 15 is 0 Å². The van der Waals surface area contributed by atoms with Gasteiger partial charge in [0.05, 0.1) is 24.2 Å². The van der Waals surface area contributed by atoms with E-state index < -0.39 is 10.0 Å². The van der Waals surface area contributed by atoms with Crippen molar-refractivity contribution in [3.8, 4) is 0 Å². The summed E-state index contributed by atoms with van der Waals surface area (Å²) >= 11 is 0. The Balaban J connectivity index is 2.07. The first-order valence-corrected chi connectivity index (χ1v) is 10.1. The molecule has 1 aromatic heterocycles. The molecule has 0 saturated carbocycles. The number of anilines is 2. The van der Waals surface area contributed by atoms with Crippen molar-refractivity contribution in [3.63, 3.8) is 0 Å². The summed E-state index contributed by atoms with van der Waals surface area (Å²) in [4.78, 5) is 12.3. The Bertz CT molecular complexity index is 992. The summed E-state index contributed by atoms with van der Waals surface area (Å²) in [6, 6.07) is 5.22. The number of rotatable bonds is 5. The number of sulfonamides is 1. The quantitative estimate of drug-likeness (QED) is 0.787. The lowest BCUT2D eigenvalue weighted by Gasteiger charge is -2.27. The van der Waals surface area contributed by atoms with E-state index in [1.807, 2.05) is 24.6 Å². The van der Waals surface area contributed by atoms with Crippen LogP contribution in [0.15, 0.2) is 30.9 Å². The van der Waals surface area contributed by atoms with Crippen molar-refractivity contribution in [3.05, 3.63) is 53.4 Å². The monoisotopic (exact) mass is 374 g/mol. The minimum Gasteiger partial charge on any atom is -0.326 e. The highest BCUT2D eigenvalue weighted by Crippen LogP contribution is 2.40. The summed E-state index contributed by atoms with van der Waals surface area (Å²) in [6.45, 7) is 8.29. The van der Waals surface area contributed by atoms with E-state index in [9.17, 15) is 13.2 Å². The number of aryl methyl sites for hydroxylation is 1. The van der Waals surface area contributed by atoms with E-state index in [0.717, 1.165) is 28.8 Å². The van der Waals surface area contributed by atoms with Crippen LogP contribution in [0.5, 0.6) is 0 Å². The van der Waals surface area contributed by atoms with Gasteiger partial charge in [-0.25, -0.2) is 8.42 Å². The number of hydrogen-bond acceptors (Lipinski definition) is 4. The number of aromatic nitrogens is 2. The van der Waals surface area contributed by atoms with E-state index in [4.69, 9.17) is 0 Å². The molecule has 0 radical (unpaired) electrons. The Morgan fingerprint density at radius 2 is 2.15 bits per heavy atom. The fraction of sp³-hybridized carbons (Fsp3) is 0.333. The summed E-state index contributed by atoms with van der Waals surface area (Å²) in [7, 11) is -3.38. The van der Waals surface area contributed by atoms with Gasteiger partial charge in [-0.05, 0) is 31.5 Å². The number of carbonyl (C=O) groups excluding carboxylic acids is 1. The minimum absolute atomic E-state index is 0.103. The topological polar surface area (TPSA) is 93.1 Å². The predicted molar refractivity (Wildman–Crippen MR) is 102 cm³/mol. The summed E-state index contributed by atoms with van der Waals surface area (Å²) in [5.74, 6) is -0.223. The Morgan fingerprint density at radius 3 is 2.81 bits per heavy atom. The summed E-state index contributed by atoms with van der Waals surface area (Å²) < 4.78 is 27.2. The molecule has 8 heteroatoms. The Labute approximate surface area is 153 Å². The number of nitrogens with one attached hydrogen (secondary N) is 2. The molecule has 1 aliphatic heterocycles. The molecule has 1 aromatic carbocycles. The lowest BCUT2D eigenvalue weighted by molar-refractivity contribution is -0.116. The lowest BCUT2D eigenvalue weighted by atomic mass is 9.83. The maximum Gasteiger partial charge on any atom is 0.229 e. The number of benzene rings is 1. The maximum absolute atomic E-state index is 12.3. The molecule has 138 valence electrons. The van der Waals surface area contributed by atoms with Gasteiger partial charge in [0.25, 0.3) is 0 Å². The largest absolute Gasteiger partial charge is 0.326 e. The summed E-state index contributed by atoms with van der Waals surface area (Å²) in [6.07, 6.45) is 3.20. The maximum atomic E-state index is 12.3. The third-order valence-electron chi connectivity index (χ3n) is 4.48. The van der Waals surface area contributed by atoms with E-state index in [0.29, 0.717) is 24.3 Å². The molecule has 1 amide bonds. The number of carbonyl (C=O) groups is 1. The number of amides is 1. The molecule has 1 atom stereocenters. The van der Waals surface area contributed by atoms with Gasteiger partial charge >= 0.3 is 0 Å². The van der Waals surface area contributed by atoms with Crippen LogP contribution in [0, 0.1) is 13.8 Å². The molecular weight excluding hydrogens is 352 g/mol. The van der Waals surface area contributed by atoms with Crippen LogP contribution in [-0.4, -0.2) is 30.4 Å². The fourth-order valence-corrected chi connectivity index (χ4v) is 4.07. The highest BCUT2D eigenvalue weighted by Gasteiger charge is 2.31. The first-order chi connectivity index (χ1) is 12.2. The van der Waals surface area contributed by atoms with Crippen molar-refractivity contribution in [2.75, 3.05) is 16.3 Å². The van der Waals surface area contributed by atoms with Crippen LogP contribution in [0.2, 0.25) is 0 Å². The molecule has 2 aromatic rings. The van der Waals surface area contributed by atoms with E-state index in [-0.39, 0.29) is 11.8 Å². The highest BCUT2D eigenvalue weighted by atomic mass is 32.2. The van der Waals surface area contributed by atoms with Crippen LogP contribution in [0.1, 0.15) is 34.9 Å². The van der Waals surface area contributed by atoms with Crippen molar-refractivity contribution in [1.29, 1.82) is 0 Å². The normalized spacial score (nSPS) is 16.7. The van der Waals surface area contributed by atoms with E-state index in [1.165, 1.54) is 0 Å². The molecule has 0 bridgehead atoms. The lowest BCUT2D eigenvalue weighted by Crippen LogP contribution is -2.24. The van der Waals surface area contributed by atoms with Crippen molar-refractivity contribution < 1.29 is 13.2 Å². The van der Waals surface area contributed by atoms with Gasteiger partial charge in [-0.15, -0.1) is 6.58 Å². The van der Waals surface area contributed by atoms with Gasteiger partial charge in [0.15, 0.2) is 0 Å². The fourth-order valence-electron chi connectivity index (χ4n) is 3.52. The molecule has 0 aliphatic carbocycles. The average molecular weight is 374 g/mol. The second-order valence-electron chi connectivity index (χ2n) is 6.54. The first kappa shape index (κ1) is 18.2. The standard InChI is InChI=1S/C18H22N4O3S/c1-5-8-22-12(3)18(11(2)20-22)15-10-17(23)19-16-9-13(6-7-14(15)16)21-26(4,24)25/h5-7,9,15,21H,1,8,10H2,2-4H3,(H,19,23). The Kier molecular flexibility index (Phi) is 4.62. The van der Waals surface area contributed by atoms with Crippen molar-refractivity contribution >= 4 is 27.3 Å². The zero-order chi connectivity index (χ0) is 19.1. The molecule has 0 saturated heterocycles. The van der Waals surface area contributed by atoms with Crippen molar-refractivity contribution in [1.82, 2.24) is 9.78 Å². The van der Waals surface area contributed by atoms with Crippen molar-refractivity contribution in [2.45, 2.75) is 32.7 Å². The van der Waals surface area contributed by atoms with Crippen LogP contribution >= 0.6 is 0 Å².